The number of ether oxygens (including phenoxy) is 1. The molecule has 0 aliphatic carbocycles. The summed E-state index contributed by atoms with van der Waals surface area (Å²) in [6.07, 6.45) is 0.894. The minimum Gasteiger partial charge on any atom is -0.486 e. The summed E-state index contributed by atoms with van der Waals surface area (Å²) in [6.45, 7) is 9.15. The van der Waals surface area contributed by atoms with Gasteiger partial charge in [-0.3, -0.25) is 4.79 Å². The molecule has 0 saturated carbocycles. The Morgan fingerprint density at radius 3 is 2.69 bits per heavy atom. The van der Waals surface area contributed by atoms with Gasteiger partial charge in [-0.05, 0) is 56.5 Å². The van der Waals surface area contributed by atoms with Gasteiger partial charge < -0.3 is 9.64 Å². The van der Waals surface area contributed by atoms with Crippen molar-refractivity contribution in [1.82, 2.24) is 9.88 Å². The third-order valence-corrected chi connectivity index (χ3v) is 5.91. The first-order valence-corrected chi connectivity index (χ1v) is 10.8. The van der Waals surface area contributed by atoms with Gasteiger partial charge in [0.2, 0.25) is 0 Å². The molecule has 0 aliphatic rings. The number of carbonyl (C=O) groups excluding carboxylic acids is 1. The lowest BCUT2D eigenvalue weighted by molar-refractivity contribution is 0.0668. The molecule has 5 heteroatoms. The van der Waals surface area contributed by atoms with Crippen molar-refractivity contribution in [2.24, 2.45) is 0 Å². The minimum absolute atomic E-state index is 0.0583. The third-order valence-electron chi connectivity index (χ3n) is 5.04. The molecule has 2 aromatic carbocycles. The van der Waals surface area contributed by atoms with E-state index in [0.717, 1.165) is 34.0 Å². The average Bonchev–Trinajstić information content (AvgIpc) is 3.17. The Hall–Kier alpha value is -2.66. The lowest BCUT2D eigenvalue weighted by atomic mass is 10.1. The van der Waals surface area contributed by atoms with Crippen molar-refractivity contribution in [1.29, 1.82) is 0 Å². The molecule has 0 unspecified atom stereocenters. The van der Waals surface area contributed by atoms with Crippen LogP contribution >= 0.6 is 11.3 Å². The Balaban J connectivity index is 1.70. The van der Waals surface area contributed by atoms with Crippen LogP contribution in [0.15, 0.2) is 53.9 Å². The largest absolute Gasteiger partial charge is 0.486 e. The van der Waals surface area contributed by atoms with Crippen LogP contribution in [0, 0.1) is 13.8 Å². The van der Waals surface area contributed by atoms with Gasteiger partial charge in [-0.2, -0.15) is 0 Å². The third kappa shape index (κ3) is 5.45. The molecule has 1 aromatic heterocycles. The summed E-state index contributed by atoms with van der Waals surface area (Å²) >= 11 is 1.57. The number of hydrogen-bond acceptors (Lipinski definition) is 4. The summed E-state index contributed by atoms with van der Waals surface area (Å²) in [4.78, 5) is 19.8. The van der Waals surface area contributed by atoms with Gasteiger partial charge in [-0.15, -0.1) is 11.3 Å². The maximum Gasteiger partial charge on any atom is 0.254 e. The monoisotopic (exact) mass is 408 g/mol. The molecule has 3 aromatic rings. The van der Waals surface area contributed by atoms with E-state index in [1.165, 1.54) is 5.56 Å². The first-order chi connectivity index (χ1) is 14.0. The molecular weight excluding hydrogens is 380 g/mol. The number of amides is 1. The Labute approximate surface area is 177 Å². The zero-order chi connectivity index (χ0) is 20.8. The number of nitrogens with zero attached hydrogens (tertiary/aromatic N) is 2. The van der Waals surface area contributed by atoms with Crippen molar-refractivity contribution < 1.29 is 9.53 Å². The van der Waals surface area contributed by atoms with E-state index in [-0.39, 0.29) is 11.9 Å². The Bertz CT molecular complexity index is 967. The quantitative estimate of drug-likeness (QED) is 0.474. The second kappa shape index (κ2) is 9.70. The molecule has 1 amide bonds. The predicted molar refractivity (Wildman–Crippen MR) is 118 cm³/mol. The summed E-state index contributed by atoms with van der Waals surface area (Å²) in [5.74, 6) is 0.903. The van der Waals surface area contributed by atoms with Gasteiger partial charge in [0.1, 0.15) is 17.4 Å². The standard InChI is InChI=1S/C24H28N2O2S/c1-5-19(4)26(24(27)22-12-7-6-10-18(22)3)14-20-16-29-23(25-20)15-28-21-11-8-9-17(2)13-21/h6-13,16,19H,5,14-15H2,1-4H3/t19-/m1/s1. The zero-order valence-corrected chi connectivity index (χ0v) is 18.3. The molecule has 0 spiro atoms. The van der Waals surface area contributed by atoms with Crippen molar-refractivity contribution in [2.45, 2.75) is 53.3 Å². The van der Waals surface area contributed by atoms with Crippen LogP contribution in [0.1, 0.15) is 52.5 Å². The second-order valence-corrected chi connectivity index (χ2v) is 8.29. The van der Waals surface area contributed by atoms with Gasteiger partial charge in [0.05, 0.1) is 12.2 Å². The molecule has 0 fully saturated rings. The Morgan fingerprint density at radius 2 is 1.97 bits per heavy atom. The highest BCUT2D eigenvalue weighted by molar-refractivity contribution is 7.09. The number of rotatable bonds is 8. The fraction of sp³-hybridized carbons (Fsp3) is 0.333. The summed E-state index contributed by atoms with van der Waals surface area (Å²) in [6, 6.07) is 15.9. The number of carbonyl (C=O) groups is 1. The van der Waals surface area contributed by atoms with Crippen LogP contribution in [0.2, 0.25) is 0 Å². The minimum atomic E-state index is 0.0583. The molecule has 29 heavy (non-hydrogen) atoms. The van der Waals surface area contributed by atoms with Crippen LogP contribution < -0.4 is 4.74 Å². The van der Waals surface area contributed by atoms with Gasteiger partial charge in [0.25, 0.3) is 5.91 Å². The first-order valence-electron chi connectivity index (χ1n) is 9.97. The molecule has 0 radical (unpaired) electrons. The molecule has 4 nitrogen and oxygen atoms in total. The van der Waals surface area contributed by atoms with Crippen molar-refractivity contribution in [3.8, 4) is 5.75 Å². The molecule has 0 bridgehead atoms. The van der Waals surface area contributed by atoms with Gasteiger partial charge in [-0.25, -0.2) is 4.98 Å². The van der Waals surface area contributed by atoms with Gasteiger partial charge in [0.15, 0.2) is 0 Å². The van der Waals surface area contributed by atoms with E-state index in [4.69, 9.17) is 9.72 Å². The first kappa shape index (κ1) is 21.1. The van der Waals surface area contributed by atoms with Gasteiger partial charge in [0, 0.05) is 17.0 Å². The van der Waals surface area contributed by atoms with Crippen LogP contribution in [0.4, 0.5) is 0 Å². The predicted octanol–water partition coefficient (Wildman–Crippen LogP) is 5.78. The zero-order valence-electron chi connectivity index (χ0n) is 17.5. The van der Waals surface area contributed by atoms with E-state index in [1.807, 2.05) is 72.7 Å². The number of aryl methyl sites for hydroxylation is 2. The smallest absolute Gasteiger partial charge is 0.254 e. The van der Waals surface area contributed by atoms with Crippen LogP contribution in [-0.2, 0) is 13.2 Å². The van der Waals surface area contributed by atoms with Crippen LogP contribution in [0.25, 0.3) is 0 Å². The summed E-state index contributed by atoms with van der Waals surface area (Å²) in [7, 11) is 0. The van der Waals surface area contributed by atoms with Crippen molar-refractivity contribution in [3.05, 3.63) is 81.3 Å². The van der Waals surface area contributed by atoms with Crippen LogP contribution in [-0.4, -0.2) is 21.8 Å². The maximum atomic E-state index is 13.2. The fourth-order valence-corrected chi connectivity index (χ4v) is 3.82. The van der Waals surface area contributed by atoms with E-state index in [1.54, 1.807) is 11.3 Å². The van der Waals surface area contributed by atoms with Crippen molar-refractivity contribution in [2.75, 3.05) is 0 Å². The second-order valence-electron chi connectivity index (χ2n) is 7.34. The summed E-state index contributed by atoms with van der Waals surface area (Å²) < 4.78 is 5.86. The highest BCUT2D eigenvalue weighted by Crippen LogP contribution is 2.20. The Morgan fingerprint density at radius 1 is 1.17 bits per heavy atom. The van der Waals surface area contributed by atoms with Crippen molar-refractivity contribution >= 4 is 17.2 Å². The lowest BCUT2D eigenvalue weighted by Crippen LogP contribution is -2.38. The molecule has 152 valence electrons. The molecule has 0 N–H and O–H groups in total. The number of thiazole rings is 1. The lowest BCUT2D eigenvalue weighted by Gasteiger charge is -2.28. The van der Waals surface area contributed by atoms with E-state index >= 15 is 0 Å². The molecule has 3 rings (SSSR count). The van der Waals surface area contributed by atoms with Gasteiger partial charge in [-0.1, -0.05) is 37.3 Å². The average molecular weight is 409 g/mol. The maximum absolute atomic E-state index is 13.2. The number of benzene rings is 2. The van der Waals surface area contributed by atoms with E-state index in [0.29, 0.717) is 13.2 Å². The topological polar surface area (TPSA) is 42.4 Å². The van der Waals surface area contributed by atoms with E-state index < -0.39 is 0 Å². The van der Waals surface area contributed by atoms with E-state index in [2.05, 4.69) is 13.8 Å². The molecule has 0 aliphatic heterocycles. The van der Waals surface area contributed by atoms with Crippen LogP contribution in [0.3, 0.4) is 0 Å². The van der Waals surface area contributed by atoms with Crippen LogP contribution in [0.5, 0.6) is 5.75 Å². The van der Waals surface area contributed by atoms with Gasteiger partial charge >= 0.3 is 0 Å². The Kier molecular flexibility index (Phi) is 7.04. The number of hydrogen-bond donors (Lipinski definition) is 0. The summed E-state index contributed by atoms with van der Waals surface area (Å²) in [5, 5.41) is 2.93. The highest BCUT2D eigenvalue weighted by atomic mass is 32.1. The molecule has 1 atom stereocenters. The highest BCUT2D eigenvalue weighted by Gasteiger charge is 2.23. The summed E-state index contributed by atoms with van der Waals surface area (Å²) in [5.41, 5.74) is 3.82. The number of aromatic nitrogens is 1. The fourth-order valence-electron chi connectivity index (χ4n) is 3.13. The van der Waals surface area contributed by atoms with Crippen molar-refractivity contribution in [3.63, 3.8) is 0 Å². The molecular formula is C24H28N2O2S. The molecule has 0 saturated heterocycles. The normalized spacial score (nSPS) is 11.9. The van der Waals surface area contributed by atoms with E-state index in [9.17, 15) is 4.79 Å². The SMILES string of the molecule is CC[C@@H](C)N(Cc1csc(COc2cccc(C)c2)n1)C(=O)c1ccccc1C. The molecule has 1 heterocycles.